The van der Waals surface area contributed by atoms with Gasteiger partial charge in [0.15, 0.2) is 0 Å². The van der Waals surface area contributed by atoms with Crippen molar-refractivity contribution >= 4 is 21.6 Å². The summed E-state index contributed by atoms with van der Waals surface area (Å²) in [5.74, 6) is -1.04. The van der Waals surface area contributed by atoms with Crippen molar-refractivity contribution < 1.29 is 17.6 Å². The van der Waals surface area contributed by atoms with E-state index in [9.17, 15) is 17.6 Å². The highest BCUT2D eigenvalue weighted by Gasteiger charge is 2.25. The molecule has 0 bridgehead atoms. The lowest BCUT2D eigenvalue weighted by Gasteiger charge is -2.24. The van der Waals surface area contributed by atoms with E-state index < -0.39 is 15.8 Å². The summed E-state index contributed by atoms with van der Waals surface area (Å²) in [4.78, 5) is 11.3. The van der Waals surface area contributed by atoms with Gasteiger partial charge in [0.1, 0.15) is 5.82 Å². The topological polar surface area (TPSA) is 89.3 Å². The van der Waals surface area contributed by atoms with Crippen molar-refractivity contribution in [3.8, 4) is 0 Å². The first-order chi connectivity index (χ1) is 8.36. The SMILES string of the molecule is NS(=O)(=O)c1cc(F)cc(NC(=O)C2CCC2)c1. The Labute approximate surface area is 104 Å². The van der Waals surface area contributed by atoms with Gasteiger partial charge >= 0.3 is 0 Å². The van der Waals surface area contributed by atoms with E-state index in [1.165, 1.54) is 0 Å². The smallest absolute Gasteiger partial charge is 0.238 e. The molecule has 0 spiro atoms. The fourth-order valence-corrected chi connectivity index (χ4v) is 2.28. The van der Waals surface area contributed by atoms with Crippen molar-refractivity contribution in [3.63, 3.8) is 0 Å². The number of hydrogen-bond donors (Lipinski definition) is 2. The van der Waals surface area contributed by atoms with Gasteiger partial charge in [0.2, 0.25) is 15.9 Å². The van der Waals surface area contributed by atoms with Crippen LogP contribution in [0.5, 0.6) is 0 Å². The van der Waals surface area contributed by atoms with Crippen LogP contribution in [0, 0.1) is 11.7 Å². The fourth-order valence-electron chi connectivity index (χ4n) is 1.71. The van der Waals surface area contributed by atoms with Crippen molar-refractivity contribution in [1.82, 2.24) is 0 Å². The van der Waals surface area contributed by atoms with Gasteiger partial charge in [-0.2, -0.15) is 0 Å². The van der Waals surface area contributed by atoms with Crippen LogP contribution in [0.4, 0.5) is 10.1 Å². The van der Waals surface area contributed by atoms with Crippen molar-refractivity contribution in [2.24, 2.45) is 11.1 Å². The zero-order chi connectivity index (χ0) is 13.3. The normalized spacial score (nSPS) is 16.1. The van der Waals surface area contributed by atoms with E-state index in [1.807, 2.05) is 0 Å². The molecule has 1 aliphatic carbocycles. The highest BCUT2D eigenvalue weighted by Crippen LogP contribution is 2.28. The molecule has 98 valence electrons. The number of primary sulfonamides is 1. The zero-order valence-corrected chi connectivity index (χ0v) is 10.3. The highest BCUT2D eigenvalue weighted by atomic mass is 32.2. The number of nitrogens with one attached hydrogen (secondary N) is 1. The minimum absolute atomic E-state index is 0.0637. The van der Waals surface area contributed by atoms with Crippen molar-refractivity contribution in [3.05, 3.63) is 24.0 Å². The third-order valence-corrected chi connectivity index (χ3v) is 3.84. The number of anilines is 1. The van der Waals surface area contributed by atoms with Crippen LogP contribution in [0.25, 0.3) is 0 Å². The molecule has 7 heteroatoms. The largest absolute Gasteiger partial charge is 0.326 e. The number of nitrogens with two attached hydrogens (primary N) is 1. The summed E-state index contributed by atoms with van der Waals surface area (Å²) in [5.41, 5.74) is 0.107. The lowest BCUT2D eigenvalue weighted by Crippen LogP contribution is -2.28. The van der Waals surface area contributed by atoms with E-state index in [1.54, 1.807) is 0 Å². The molecular weight excluding hydrogens is 259 g/mol. The van der Waals surface area contributed by atoms with Gasteiger partial charge in [0.25, 0.3) is 0 Å². The molecule has 5 nitrogen and oxygen atoms in total. The van der Waals surface area contributed by atoms with Crippen LogP contribution in [-0.2, 0) is 14.8 Å². The van der Waals surface area contributed by atoms with Crippen molar-refractivity contribution in [2.75, 3.05) is 5.32 Å². The number of hydrogen-bond acceptors (Lipinski definition) is 3. The standard InChI is InChI=1S/C11H13FN2O3S/c12-8-4-9(6-10(5-8)18(13,16)17)14-11(15)7-2-1-3-7/h4-7H,1-3H2,(H,14,15)(H2,13,16,17). The molecule has 0 unspecified atom stereocenters. The maximum Gasteiger partial charge on any atom is 0.238 e. The molecule has 1 aromatic carbocycles. The first kappa shape index (κ1) is 13.0. The first-order valence-electron chi connectivity index (χ1n) is 5.50. The number of carbonyl (C=O) groups is 1. The molecule has 0 heterocycles. The summed E-state index contributed by atoms with van der Waals surface area (Å²) < 4.78 is 35.5. The molecule has 0 radical (unpaired) electrons. The summed E-state index contributed by atoms with van der Waals surface area (Å²) in [7, 11) is -3.99. The predicted molar refractivity (Wildman–Crippen MR) is 63.7 cm³/mol. The number of halogens is 1. The first-order valence-corrected chi connectivity index (χ1v) is 7.05. The van der Waals surface area contributed by atoms with E-state index >= 15 is 0 Å². The Hall–Kier alpha value is -1.47. The van der Waals surface area contributed by atoms with E-state index in [2.05, 4.69) is 5.32 Å². The maximum absolute atomic E-state index is 13.2. The second-order valence-electron chi connectivity index (χ2n) is 4.34. The van der Waals surface area contributed by atoms with Crippen LogP contribution >= 0.6 is 0 Å². The number of amides is 1. The van der Waals surface area contributed by atoms with Gasteiger partial charge in [-0.3, -0.25) is 4.79 Å². The summed E-state index contributed by atoms with van der Waals surface area (Å²) in [6.45, 7) is 0. The molecule has 2 rings (SSSR count). The lowest BCUT2D eigenvalue weighted by atomic mass is 9.85. The van der Waals surface area contributed by atoms with E-state index in [0.29, 0.717) is 0 Å². The molecule has 1 aliphatic rings. The minimum Gasteiger partial charge on any atom is -0.326 e. The summed E-state index contributed by atoms with van der Waals surface area (Å²) in [5, 5.41) is 7.41. The fraction of sp³-hybridized carbons (Fsp3) is 0.364. The highest BCUT2D eigenvalue weighted by molar-refractivity contribution is 7.89. The van der Waals surface area contributed by atoms with Gasteiger partial charge in [0.05, 0.1) is 4.90 Å². The summed E-state index contributed by atoms with van der Waals surface area (Å²) >= 11 is 0. The molecule has 0 saturated heterocycles. The Balaban J connectivity index is 2.22. The van der Waals surface area contributed by atoms with Crippen LogP contribution in [0.15, 0.2) is 23.1 Å². The van der Waals surface area contributed by atoms with Crippen molar-refractivity contribution in [2.45, 2.75) is 24.2 Å². The lowest BCUT2D eigenvalue weighted by molar-refractivity contribution is -0.122. The van der Waals surface area contributed by atoms with Crippen LogP contribution in [0.2, 0.25) is 0 Å². The van der Waals surface area contributed by atoms with Crippen LogP contribution in [0.3, 0.4) is 0 Å². The number of sulfonamides is 1. The third kappa shape index (κ3) is 2.85. The Morgan fingerprint density at radius 1 is 1.33 bits per heavy atom. The quantitative estimate of drug-likeness (QED) is 0.866. The van der Waals surface area contributed by atoms with Crippen molar-refractivity contribution in [1.29, 1.82) is 0 Å². The summed E-state index contributed by atoms with van der Waals surface area (Å²) in [6.07, 6.45) is 2.62. The molecule has 0 aromatic heterocycles. The average Bonchev–Trinajstić information content (AvgIpc) is 2.11. The predicted octanol–water partition coefficient (Wildman–Crippen LogP) is 1.21. The number of carbonyl (C=O) groups excluding carboxylic acids is 1. The van der Waals surface area contributed by atoms with Gasteiger partial charge in [-0.25, -0.2) is 17.9 Å². The van der Waals surface area contributed by atoms with E-state index in [0.717, 1.165) is 37.5 Å². The third-order valence-electron chi connectivity index (χ3n) is 2.94. The number of benzene rings is 1. The zero-order valence-electron chi connectivity index (χ0n) is 9.52. The molecule has 18 heavy (non-hydrogen) atoms. The van der Waals surface area contributed by atoms with Gasteiger partial charge < -0.3 is 5.32 Å². The van der Waals surface area contributed by atoms with Crippen LogP contribution in [0.1, 0.15) is 19.3 Å². The van der Waals surface area contributed by atoms with Gasteiger partial charge in [-0.1, -0.05) is 6.42 Å². The Morgan fingerprint density at radius 3 is 2.50 bits per heavy atom. The minimum atomic E-state index is -3.99. The molecule has 1 amide bonds. The molecule has 3 N–H and O–H groups in total. The van der Waals surface area contributed by atoms with E-state index in [-0.39, 0.29) is 22.4 Å². The number of rotatable bonds is 3. The van der Waals surface area contributed by atoms with Gasteiger partial charge in [0, 0.05) is 11.6 Å². The average molecular weight is 272 g/mol. The van der Waals surface area contributed by atoms with Crippen LogP contribution < -0.4 is 10.5 Å². The molecular formula is C11H13FN2O3S. The maximum atomic E-state index is 13.2. The molecule has 1 fully saturated rings. The van der Waals surface area contributed by atoms with Gasteiger partial charge in [-0.15, -0.1) is 0 Å². The Kier molecular flexibility index (Phi) is 3.36. The Morgan fingerprint density at radius 2 is 2.00 bits per heavy atom. The molecule has 0 aliphatic heterocycles. The van der Waals surface area contributed by atoms with Crippen LogP contribution in [-0.4, -0.2) is 14.3 Å². The molecule has 1 saturated carbocycles. The van der Waals surface area contributed by atoms with E-state index in [4.69, 9.17) is 5.14 Å². The monoisotopic (exact) mass is 272 g/mol. The Bertz CT molecular complexity index is 582. The molecule has 1 aromatic rings. The van der Waals surface area contributed by atoms with Gasteiger partial charge in [-0.05, 0) is 31.0 Å². The summed E-state index contributed by atoms with van der Waals surface area (Å²) in [6, 6.07) is 3.02. The molecule has 0 atom stereocenters. The second kappa shape index (κ2) is 4.66. The second-order valence-corrected chi connectivity index (χ2v) is 5.90.